The molecule has 0 aromatic carbocycles. The van der Waals surface area contributed by atoms with Gasteiger partial charge in [0.2, 0.25) is 0 Å². The zero-order chi connectivity index (χ0) is 25.5. The fourth-order valence-electron chi connectivity index (χ4n) is 5.34. The molecule has 0 aliphatic carbocycles. The molecule has 0 radical (unpaired) electrons. The lowest BCUT2D eigenvalue weighted by atomic mass is 10.0. The molecule has 0 bridgehead atoms. The Kier molecular flexibility index (Phi) is 31.4. The molecule has 0 aliphatic rings. The van der Waals surface area contributed by atoms with Gasteiger partial charge in [0, 0.05) is 12.8 Å². The molecule has 0 spiro atoms. The molecule has 0 aliphatic heterocycles. The lowest BCUT2D eigenvalue weighted by Crippen LogP contribution is -1.97. The molecule has 0 N–H and O–H groups in total. The Labute approximate surface area is 223 Å². The lowest BCUT2D eigenvalue weighted by molar-refractivity contribution is -0.119. The van der Waals surface area contributed by atoms with Crippen LogP contribution in [0.1, 0.15) is 213 Å². The van der Waals surface area contributed by atoms with Crippen LogP contribution in [0.5, 0.6) is 0 Å². The highest BCUT2D eigenvalue weighted by atomic mass is 16.1. The third-order valence-electron chi connectivity index (χ3n) is 7.87. The van der Waals surface area contributed by atoms with Crippen LogP contribution >= 0.6 is 0 Å². The molecule has 0 rings (SSSR count). The van der Waals surface area contributed by atoms with E-state index in [1.165, 1.54) is 173 Å². The van der Waals surface area contributed by atoms with Crippen LogP contribution in [0.2, 0.25) is 0 Å². The van der Waals surface area contributed by atoms with Crippen LogP contribution in [0.25, 0.3) is 0 Å². The zero-order valence-corrected chi connectivity index (χ0v) is 24.8. The van der Waals surface area contributed by atoms with Crippen molar-refractivity contribution in [3.63, 3.8) is 0 Å². The van der Waals surface area contributed by atoms with Crippen molar-refractivity contribution in [1.82, 2.24) is 0 Å². The second kappa shape index (κ2) is 31.7. The molecule has 0 fully saturated rings. The second-order valence-electron chi connectivity index (χ2n) is 11.6. The average Bonchev–Trinajstić information content (AvgIpc) is 2.86. The van der Waals surface area contributed by atoms with Gasteiger partial charge in [-0.1, -0.05) is 187 Å². The molecular formula is C34H68O. The molecule has 1 nitrogen and oxygen atoms in total. The number of hydrogen-bond donors (Lipinski definition) is 0. The minimum absolute atomic E-state index is 0.503. The molecule has 0 saturated carbocycles. The molecule has 0 atom stereocenters. The molecular weight excluding hydrogens is 424 g/mol. The van der Waals surface area contributed by atoms with Crippen molar-refractivity contribution < 1.29 is 4.79 Å². The largest absolute Gasteiger partial charge is 0.300 e. The lowest BCUT2D eigenvalue weighted by Gasteiger charge is -2.04. The van der Waals surface area contributed by atoms with Crippen molar-refractivity contribution in [1.29, 1.82) is 0 Å². The predicted octanol–water partition coefficient (Wildman–Crippen LogP) is 12.7. The standard InChI is InChI=1S/C34H68O/c1-3-5-7-8-9-10-11-12-13-14-15-16-17-18-19-20-21-22-23-24-25-26-27-28-29-31-33-34(35)32-30-6-4-2/h3-33H2,1-2H3. The second-order valence-corrected chi connectivity index (χ2v) is 11.6. The Bertz CT molecular complexity index is 388. The maximum atomic E-state index is 11.8. The van der Waals surface area contributed by atoms with E-state index >= 15 is 0 Å². The van der Waals surface area contributed by atoms with Gasteiger partial charge in [0.15, 0.2) is 0 Å². The molecule has 35 heavy (non-hydrogen) atoms. The topological polar surface area (TPSA) is 17.1 Å². The van der Waals surface area contributed by atoms with E-state index in [1.54, 1.807) is 0 Å². The SMILES string of the molecule is CCCCCCCCCCCCCCCCCCCCCCCCCCCCC(=O)CCCCC. The Morgan fingerprint density at radius 1 is 0.286 bits per heavy atom. The van der Waals surface area contributed by atoms with Crippen molar-refractivity contribution in [2.75, 3.05) is 0 Å². The summed E-state index contributed by atoms with van der Waals surface area (Å²) in [6.45, 7) is 4.50. The van der Waals surface area contributed by atoms with E-state index in [2.05, 4.69) is 13.8 Å². The Morgan fingerprint density at radius 3 is 0.714 bits per heavy atom. The number of carbonyl (C=O) groups is 1. The average molecular weight is 493 g/mol. The van der Waals surface area contributed by atoms with Gasteiger partial charge in [0.25, 0.3) is 0 Å². The first-order valence-corrected chi connectivity index (χ1v) is 16.8. The monoisotopic (exact) mass is 493 g/mol. The minimum Gasteiger partial charge on any atom is -0.300 e. The smallest absolute Gasteiger partial charge is 0.132 e. The van der Waals surface area contributed by atoms with E-state index in [9.17, 15) is 4.79 Å². The van der Waals surface area contributed by atoms with E-state index in [-0.39, 0.29) is 0 Å². The highest BCUT2D eigenvalue weighted by molar-refractivity contribution is 5.78. The van der Waals surface area contributed by atoms with Crippen LogP contribution < -0.4 is 0 Å². The van der Waals surface area contributed by atoms with E-state index in [0.29, 0.717) is 5.78 Å². The quantitative estimate of drug-likeness (QED) is 0.0879. The highest BCUT2D eigenvalue weighted by Gasteiger charge is 2.01. The van der Waals surface area contributed by atoms with Gasteiger partial charge in [-0.15, -0.1) is 0 Å². The summed E-state index contributed by atoms with van der Waals surface area (Å²) in [5.41, 5.74) is 0. The van der Waals surface area contributed by atoms with Crippen molar-refractivity contribution >= 4 is 5.78 Å². The summed E-state index contributed by atoms with van der Waals surface area (Å²) in [7, 11) is 0. The predicted molar refractivity (Wildman–Crippen MR) is 159 cm³/mol. The van der Waals surface area contributed by atoms with E-state index < -0.39 is 0 Å². The number of ketones is 1. The summed E-state index contributed by atoms with van der Waals surface area (Å²) in [5, 5.41) is 0. The van der Waals surface area contributed by atoms with Gasteiger partial charge >= 0.3 is 0 Å². The van der Waals surface area contributed by atoms with Gasteiger partial charge in [0.1, 0.15) is 5.78 Å². The molecule has 0 saturated heterocycles. The number of Topliss-reactive ketones (excluding diaryl/α,β-unsaturated/α-hetero) is 1. The minimum atomic E-state index is 0.503. The fourth-order valence-corrected chi connectivity index (χ4v) is 5.34. The molecule has 1 heteroatoms. The van der Waals surface area contributed by atoms with Crippen molar-refractivity contribution in [2.24, 2.45) is 0 Å². The number of rotatable bonds is 31. The van der Waals surface area contributed by atoms with Crippen molar-refractivity contribution in [2.45, 2.75) is 213 Å². The maximum Gasteiger partial charge on any atom is 0.132 e. The number of carbonyl (C=O) groups excluding carboxylic acids is 1. The Morgan fingerprint density at radius 2 is 0.457 bits per heavy atom. The first-order valence-electron chi connectivity index (χ1n) is 16.8. The van der Waals surface area contributed by atoms with Crippen LogP contribution in [-0.2, 0) is 4.79 Å². The van der Waals surface area contributed by atoms with E-state index in [4.69, 9.17) is 0 Å². The first-order chi connectivity index (χ1) is 17.3. The third-order valence-corrected chi connectivity index (χ3v) is 7.87. The summed E-state index contributed by atoms with van der Waals surface area (Å²) >= 11 is 0. The summed E-state index contributed by atoms with van der Waals surface area (Å²) in [4.78, 5) is 11.8. The third kappa shape index (κ3) is 31.6. The Balaban J connectivity index is 3.06. The zero-order valence-electron chi connectivity index (χ0n) is 24.8. The number of hydrogen-bond acceptors (Lipinski definition) is 1. The summed E-state index contributed by atoms with van der Waals surface area (Å²) in [5.74, 6) is 0.503. The molecule has 0 amide bonds. The fraction of sp³-hybridized carbons (Fsp3) is 0.971. The molecule has 210 valence electrons. The summed E-state index contributed by atoms with van der Waals surface area (Å²) in [6.07, 6.45) is 42.4. The van der Waals surface area contributed by atoms with Gasteiger partial charge in [0.05, 0.1) is 0 Å². The van der Waals surface area contributed by atoms with Crippen LogP contribution in [0.4, 0.5) is 0 Å². The van der Waals surface area contributed by atoms with Crippen LogP contribution in [0.15, 0.2) is 0 Å². The maximum absolute atomic E-state index is 11.8. The summed E-state index contributed by atoms with van der Waals surface area (Å²) < 4.78 is 0. The van der Waals surface area contributed by atoms with Crippen LogP contribution in [-0.4, -0.2) is 5.78 Å². The van der Waals surface area contributed by atoms with Crippen molar-refractivity contribution in [3.05, 3.63) is 0 Å². The van der Waals surface area contributed by atoms with Crippen LogP contribution in [0, 0.1) is 0 Å². The van der Waals surface area contributed by atoms with Crippen LogP contribution in [0.3, 0.4) is 0 Å². The normalized spacial score (nSPS) is 11.4. The number of unbranched alkanes of at least 4 members (excludes halogenated alkanes) is 27. The Hall–Kier alpha value is -0.330. The molecule has 0 unspecified atom stereocenters. The van der Waals surface area contributed by atoms with Gasteiger partial charge in [-0.2, -0.15) is 0 Å². The summed E-state index contributed by atoms with van der Waals surface area (Å²) in [6, 6.07) is 0. The highest BCUT2D eigenvalue weighted by Crippen LogP contribution is 2.16. The van der Waals surface area contributed by atoms with E-state index in [1.807, 2.05) is 0 Å². The van der Waals surface area contributed by atoms with Gasteiger partial charge in [-0.25, -0.2) is 0 Å². The molecule has 0 aromatic heterocycles. The molecule has 0 heterocycles. The van der Waals surface area contributed by atoms with Gasteiger partial charge in [-0.05, 0) is 12.8 Å². The molecule has 0 aromatic rings. The van der Waals surface area contributed by atoms with Crippen molar-refractivity contribution in [3.8, 4) is 0 Å². The van der Waals surface area contributed by atoms with Gasteiger partial charge < -0.3 is 0 Å². The first kappa shape index (κ1) is 34.7. The van der Waals surface area contributed by atoms with Gasteiger partial charge in [-0.3, -0.25) is 4.79 Å². The van der Waals surface area contributed by atoms with E-state index in [0.717, 1.165) is 25.7 Å².